The minimum atomic E-state index is 0.197. The van der Waals surface area contributed by atoms with Crippen LogP contribution < -0.4 is 5.32 Å². The Bertz CT molecular complexity index is 270. The Kier molecular flexibility index (Phi) is 7.37. The molecule has 0 radical (unpaired) electrons. The van der Waals surface area contributed by atoms with E-state index in [2.05, 4.69) is 10.2 Å². The van der Waals surface area contributed by atoms with Gasteiger partial charge in [-0.2, -0.15) is 0 Å². The average Bonchev–Trinajstić information content (AvgIpc) is 2.43. The van der Waals surface area contributed by atoms with Crippen molar-refractivity contribution in [3.63, 3.8) is 0 Å². The standard InChI is InChI=1S/C16H30N2O2/c19-16(13-18-10-4-2-1-3-5-11-18)17-9-8-15-7-6-12-20-14-15/h15H,1-14H2,(H,17,19)/t15-/m1/s1. The summed E-state index contributed by atoms with van der Waals surface area (Å²) < 4.78 is 5.47. The zero-order valence-corrected chi connectivity index (χ0v) is 12.7. The van der Waals surface area contributed by atoms with Crippen LogP contribution in [0.15, 0.2) is 0 Å². The topological polar surface area (TPSA) is 41.6 Å². The quantitative estimate of drug-likeness (QED) is 0.840. The van der Waals surface area contributed by atoms with E-state index in [0.717, 1.165) is 39.3 Å². The van der Waals surface area contributed by atoms with Crippen LogP contribution in [0.1, 0.15) is 51.4 Å². The van der Waals surface area contributed by atoms with Crippen LogP contribution in [-0.2, 0) is 9.53 Å². The molecule has 116 valence electrons. The maximum absolute atomic E-state index is 12.0. The number of rotatable bonds is 5. The predicted molar refractivity (Wildman–Crippen MR) is 80.7 cm³/mol. The molecule has 0 aliphatic carbocycles. The van der Waals surface area contributed by atoms with Gasteiger partial charge in [0.05, 0.1) is 6.54 Å². The smallest absolute Gasteiger partial charge is 0.234 e. The van der Waals surface area contributed by atoms with Crippen LogP contribution in [0.4, 0.5) is 0 Å². The Morgan fingerprint density at radius 2 is 1.85 bits per heavy atom. The second kappa shape index (κ2) is 9.35. The van der Waals surface area contributed by atoms with Gasteiger partial charge in [0, 0.05) is 19.8 Å². The van der Waals surface area contributed by atoms with Gasteiger partial charge in [-0.3, -0.25) is 9.69 Å². The molecule has 0 bridgehead atoms. The summed E-state index contributed by atoms with van der Waals surface area (Å²) in [7, 11) is 0. The van der Waals surface area contributed by atoms with Gasteiger partial charge in [-0.15, -0.1) is 0 Å². The first-order valence-electron chi connectivity index (χ1n) is 8.41. The third-order valence-electron chi connectivity index (χ3n) is 4.45. The second-order valence-corrected chi connectivity index (χ2v) is 6.27. The van der Waals surface area contributed by atoms with E-state index in [4.69, 9.17) is 4.74 Å². The van der Waals surface area contributed by atoms with E-state index in [9.17, 15) is 4.79 Å². The Morgan fingerprint density at radius 3 is 2.55 bits per heavy atom. The highest BCUT2D eigenvalue weighted by Crippen LogP contribution is 2.16. The van der Waals surface area contributed by atoms with Crippen molar-refractivity contribution >= 4 is 5.91 Å². The lowest BCUT2D eigenvalue weighted by Crippen LogP contribution is -2.39. The van der Waals surface area contributed by atoms with Crippen molar-refractivity contribution in [2.45, 2.75) is 51.4 Å². The molecule has 4 nitrogen and oxygen atoms in total. The third kappa shape index (κ3) is 6.23. The maximum atomic E-state index is 12.0. The van der Waals surface area contributed by atoms with Gasteiger partial charge in [-0.05, 0) is 51.1 Å². The third-order valence-corrected chi connectivity index (χ3v) is 4.45. The van der Waals surface area contributed by atoms with E-state index in [1.807, 2.05) is 0 Å². The fraction of sp³-hybridized carbons (Fsp3) is 0.938. The number of nitrogens with zero attached hydrogens (tertiary/aromatic N) is 1. The molecule has 0 aromatic rings. The number of ether oxygens (including phenoxy) is 1. The number of likely N-dealkylation sites (tertiary alicyclic amines) is 1. The van der Waals surface area contributed by atoms with E-state index in [-0.39, 0.29) is 5.91 Å². The van der Waals surface area contributed by atoms with Crippen LogP contribution in [-0.4, -0.2) is 50.2 Å². The second-order valence-electron chi connectivity index (χ2n) is 6.27. The lowest BCUT2D eigenvalue weighted by molar-refractivity contribution is -0.122. The lowest BCUT2D eigenvalue weighted by atomic mass is 9.99. The number of hydrogen-bond donors (Lipinski definition) is 1. The molecule has 0 spiro atoms. The van der Waals surface area contributed by atoms with Crippen molar-refractivity contribution in [2.24, 2.45) is 5.92 Å². The molecule has 2 aliphatic rings. The SMILES string of the molecule is O=C(CN1CCCCCCC1)NCC[C@H]1CCCOC1. The summed E-state index contributed by atoms with van der Waals surface area (Å²) in [6.07, 6.45) is 9.97. The molecule has 0 aromatic heterocycles. The molecule has 2 rings (SSSR count). The molecule has 0 saturated carbocycles. The number of amides is 1. The highest BCUT2D eigenvalue weighted by molar-refractivity contribution is 5.77. The van der Waals surface area contributed by atoms with Crippen molar-refractivity contribution in [1.82, 2.24) is 10.2 Å². The minimum absolute atomic E-state index is 0.197. The first kappa shape index (κ1) is 15.8. The maximum Gasteiger partial charge on any atom is 0.234 e. The summed E-state index contributed by atoms with van der Waals surface area (Å²) in [4.78, 5) is 14.3. The summed E-state index contributed by atoms with van der Waals surface area (Å²) >= 11 is 0. The van der Waals surface area contributed by atoms with Gasteiger partial charge in [0.15, 0.2) is 0 Å². The van der Waals surface area contributed by atoms with E-state index < -0.39 is 0 Å². The van der Waals surface area contributed by atoms with Crippen LogP contribution >= 0.6 is 0 Å². The molecule has 0 aromatic carbocycles. The predicted octanol–water partition coefficient (Wildman–Crippen LogP) is 2.19. The van der Waals surface area contributed by atoms with Crippen LogP contribution in [0.5, 0.6) is 0 Å². The van der Waals surface area contributed by atoms with Crippen molar-refractivity contribution in [3.05, 3.63) is 0 Å². The average molecular weight is 282 g/mol. The van der Waals surface area contributed by atoms with Crippen molar-refractivity contribution in [3.8, 4) is 0 Å². The molecule has 20 heavy (non-hydrogen) atoms. The molecular weight excluding hydrogens is 252 g/mol. The largest absolute Gasteiger partial charge is 0.381 e. The monoisotopic (exact) mass is 282 g/mol. The zero-order valence-electron chi connectivity index (χ0n) is 12.7. The summed E-state index contributed by atoms with van der Waals surface area (Å²) in [6.45, 7) is 5.36. The van der Waals surface area contributed by atoms with Crippen LogP contribution in [0.2, 0.25) is 0 Å². The summed E-state index contributed by atoms with van der Waals surface area (Å²) in [5, 5.41) is 3.08. The Balaban J connectivity index is 1.56. The summed E-state index contributed by atoms with van der Waals surface area (Å²) in [5.41, 5.74) is 0. The van der Waals surface area contributed by atoms with Crippen LogP contribution in [0.25, 0.3) is 0 Å². The van der Waals surface area contributed by atoms with Crippen LogP contribution in [0.3, 0.4) is 0 Å². The molecule has 1 atom stereocenters. The summed E-state index contributed by atoms with van der Waals surface area (Å²) in [6, 6.07) is 0. The van der Waals surface area contributed by atoms with E-state index in [1.165, 1.54) is 44.9 Å². The molecule has 2 heterocycles. The zero-order chi connectivity index (χ0) is 14.0. The Hall–Kier alpha value is -0.610. The van der Waals surface area contributed by atoms with Gasteiger partial charge in [0.25, 0.3) is 0 Å². The molecular formula is C16H30N2O2. The van der Waals surface area contributed by atoms with Crippen molar-refractivity contribution in [1.29, 1.82) is 0 Å². The van der Waals surface area contributed by atoms with E-state index in [1.54, 1.807) is 0 Å². The van der Waals surface area contributed by atoms with Gasteiger partial charge >= 0.3 is 0 Å². The number of nitrogens with one attached hydrogen (secondary N) is 1. The fourth-order valence-electron chi connectivity index (χ4n) is 3.18. The molecule has 0 unspecified atom stereocenters. The minimum Gasteiger partial charge on any atom is -0.381 e. The van der Waals surface area contributed by atoms with Crippen LogP contribution in [0, 0.1) is 5.92 Å². The number of hydrogen-bond acceptors (Lipinski definition) is 3. The van der Waals surface area contributed by atoms with E-state index in [0.29, 0.717) is 12.5 Å². The van der Waals surface area contributed by atoms with Gasteiger partial charge in [-0.25, -0.2) is 0 Å². The number of carbonyl (C=O) groups is 1. The van der Waals surface area contributed by atoms with Gasteiger partial charge in [0.2, 0.25) is 5.91 Å². The fourth-order valence-corrected chi connectivity index (χ4v) is 3.18. The number of carbonyl (C=O) groups excluding carboxylic acids is 1. The van der Waals surface area contributed by atoms with Gasteiger partial charge in [0.1, 0.15) is 0 Å². The first-order valence-corrected chi connectivity index (χ1v) is 8.41. The lowest BCUT2D eigenvalue weighted by Gasteiger charge is -2.24. The highest BCUT2D eigenvalue weighted by Gasteiger charge is 2.15. The van der Waals surface area contributed by atoms with Crippen molar-refractivity contribution in [2.75, 3.05) is 39.4 Å². The van der Waals surface area contributed by atoms with E-state index >= 15 is 0 Å². The molecule has 2 saturated heterocycles. The molecule has 4 heteroatoms. The Morgan fingerprint density at radius 1 is 1.10 bits per heavy atom. The first-order chi connectivity index (χ1) is 9.84. The van der Waals surface area contributed by atoms with Gasteiger partial charge < -0.3 is 10.1 Å². The summed E-state index contributed by atoms with van der Waals surface area (Å²) in [5.74, 6) is 0.841. The highest BCUT2D eigenvalue weighted by atomic mass is 16.5. The molecule has 2 aliphatic heterocycles. The molecule has 2 fully saturated rings. The Labute approximate surface area is 123 Å². The van der Waals surface area contributed by atoms with Gasteiger partial charge in [-0.1, -0.05) is 19.3 Å². The molecule has 1 amide bonds. The normalized spacial score (nSPS) is 25.7. The molecule has 1 N–H and O–H groups in total. The van der Waals surface area contributed by atoms with Crippen molar-refractivity contribution < 1.29 is 9.53 Å².